The van der Waals surface area contributed by atoms with E-state index in [0.717, 1.165) is 0 Å². The van der Waals surface area contributed by atoms with E-state index in [9.17, 15) is 13.2 Å². The third-order valence-electron chi connectivity index (χ3n) is 3.98. The van der Waals surface area contributed by atoms with Crippen LogP contribution in [-0.2, 0) is 14.8 Å². The molecule has 1 aromatic carbocycles. The van der Waals surface area contributed by atoms with Crippen LogP contribution in [0, 0.1) is 0 Å². The number of sulfonamides is 1. The van der Waals surface area contributed by atoms with Gasteiger partial charge in [0, 0.05) is 23.8 Å². The molecule has 7 heteroatoms. The number of nitrogens with one attached hydrogen (secondary N) is 1. The summed E-state index contributed by atoms with van der Waals surface area (Å²) < 4.78 is 32.6. The Bertz CT molecular complexity index is 872. The minimum absolute atomic E-state index is 0.0831. The summed E-state index contributed by atoms with van der Waals surface area (Å²) in [5.74, 6) is -0.413. The molecule has 1 N–H and O–H groups in total. The fourth-order valence-corrected chi connectivity index (χ4v) is 4.29. The van der Waals surface area contributed by atoms with Crippen molar-refractivity contribution in [2.45, 2.75) is 17.9 Å². The second kappa shape index (κ2) is 9.45. The van der Waals surface area contributed by atoms with Crippen LogP contribution in [0.3, 0.4) is 0 Å². The van der Waals surface area contributed by atoms with Gasteiger partial charge in [0.2, 0.25) is 10.0 Å². The predicted molar refractivity (Wildman–Crippen MR) is 106 cm³/mol. The second-order valence-electron chi connectivity index (χ2n) is 5.97. The first-order chi connectivity index (χ1) is 12.9. The molecule has 1 saturated heterocycles. The Kier molecular flexibility index (Phi) is 7.29. The van der Waals surface area contributed by atoms with Crippen molar-refractivity contribution in [2.24, 2.45) is 0 Å². The van der Waals surface area contributed by atoms with Gasteiger partial charge < -0.3 is 10.1 Å². The smallest absolute Gasteiger partial charge is 0.255 e. The quantitative estimate of drug-likeness (QED) is 0.729. The topological polar surface area (TPSA) is 75.7 Å². The molecule has 1 heterocycles. The van der Waals surface area contributed by atoms with Crippen molar-refractivity contribution in [3.05, 3.63) is 79.1 Å². The van der Waals surface area contributed by atoms with Crippen molar-refractivity contribution >= 4 is 15.9 Å². The van der Waals surface area contributed by atoms with Crippen molar-refractivity contribution in [1.82, 2.24) is 9.62 Å². The molecule has 1 aliphatic heterocycles. The molecular formula is C20H24N2O4S. The van der Waals surface area contributed by atoms with Gasteiger partial charge in [-0.1, -0.05) is 37.5 Å². The highest BCUT2D eigenvalue weighted by atomic mass is 32.2. The van der Waals surface area contributed by atoms with Crippen LogP contribution in [0.15, 0.2) is 78.4 Å². The summed E-state index contributed by atoms with van der Waals surface area (Å²) in [4.78, 5) is 12.6. The molecule has 27 heavy (non-hydrogen) atoms. The maximum Gasteiger partial charge on any atom is 0.255 e. The van der Waals surface area contributed by atoms with E-state index in [2.05, 4.69) is 18.5 Å². The molecule has 1 aliphatic rings. The summed E-state index contributed by atoms with van der Waals surface area (Å²) in [5.41, 5.74) is 0.768. The minimum atomic E-state index is -3.70. The van der Waals surface area contributed by atoms with Crippen molar-refractivity contribution in [3.8, 4) is 0 Å². The lowest BCUT2D eigenvalue weighted by Gasteiger charge is -2.32. The number of carbonyl (C=O) groups is 1. The van der Waals surface area contributed by atoms with Gasteiger partial charge in [0.05, 0.1) is 18.1 Å². The molecule has 0 aromatic heterocycles. The van der Waals surface area contributed by atoms with Gasteiger partial charge in [0.15, 0.2) is 0 Å². The molecule has 1 unspecified atom stereocenters. The van der Waals surface area contributed by atoms with E-state index in [1.807, 2.05) is 0 Å². The van der Waals surface area contributed by atoms with Crippen molar-refractivity contribution < 1.29 is 17.9 Å². The average Bonchev–Trinajstić information content (AvgIpc) is 2.66. The normalized spacial score (nSPS) is 19.0. The number of allylic oxidation sites excluding steroid dienone is 5. The van der Waals surface area contributed by atoms with Crippen LogP contribution in [0.1, 0.15) is 17.3 Å². The van der Waals surface area contributed by atoms with Crippen LogP contribution in [0.5, 0.6) is 0 Å². The fourth-order valence-electron chi connectivity index (χ4n) is 2.64. The second-order valence-corrected chi connectivity index (χ2v) is 7.86. The molecule has 0 bridgehead atoms. The largest absolute Gasteiger partial charge is 0.378 e. The molecule has 0 aliphatic carbocycles. The highest BCUT2D eigenvalue weighted by Gasteiger charge is 2.31. The summed E-state index contributed by atoms with van der Waals surface area (Å²) in [6, 6.07) is 5.75. The maximum absolute atomic E-state index is 12.9. The molecule has 144 valence electrons. The van der Waals surface area contributed by atoms with Gasteiger partial charge in [0.25, 0.3) is 5.91 Å². The summed E-state index contributed by atoms with van der Waals surface area (Å²) in [6.07, 6.45) is 8.11. The molecule has 1 aromatic rings. The number of ether oxygens (including phenoxy) is 1. The monoisotopic (exact) mass is 388 g/mol. The van der Waals surface area contributed by atoms with Crippen LogP contribution in [-0.4, -0.2) is 44.4 Å². The lowest BCUT2D eigenvalue weighted by atomic mass is 10.2. The van der Waals surface area contributed by atoms with Gasteiger partial charge in [-0.15, -0.1) is 0 Å². The Morgan fingerprint density at radius 2 is 2.11 bits per heavy atom. The number of nitrogens with zero attached hydrogens (tertiary/aromatic N) is 1. The molecule has 1 atom stereocenters. The van der Waals surface area contributed by atoms with Gasteiger partial charge in [-0.05, 0) is 37.3 Å². The highest BCUT2D eigenvalue weighted by Crippen LogP contribution is 2.21. The number of hydrogen-bond acceptors (Lipinski definition) is 4. The summed E-state index contributed by atoms with van der Waals surface area (Å²) in [7, 11) is -3.70. The van der Waals surface area contributed by atoms with Gasteiger partial charge in [-0.2, -0.15) is 4.31 Å². The van der Waals surface area contributed by atoms with E-state index in [1.54, 1.807) is 49.4 Å². The van der Waals surface area contributed by atoms with E-state index < -0.39 is 15.9 Å². The minimum Gasteiger partial charge on any atom is -0.378 e. The van der Waals surface area contributed by atoms with Crippen LogP contribution >= 0.6 is 0 Å². The van der Waals surface area contributed by atoms with Crippen LogP contribution in [0.4, 0.5) is 0 Å². The zero-order valence-corrected chi connectivity index (χ0v) is 16.1. The predicted octanol–water partition coefficient (Wildman–Crippen LogP) is 2.64. The Morgan fingerprint density at radius 3 is 2.78 bits per heavy atom. The first kappa shape index (κ1) is 20.8. The van der Waals surface area contributed by atoms with Gasteiger partial charge in [-0.3, -0.25) is 4.79 Å². The zero-order valence-electron chi connectivity index (χ0n) is 15.3. The fraction of sp³-hybridized carbons (Fsp3) is 0.250. The number of amides is 1. The Labute approximate surface area is 160 Å². The molecule has 1 fully saturated rings. The van der Waals surface area contributed by atoms with E-state index in [4.69, 9.17) is 4.74 Å². The van der Waals surface area contributed by atoms with Gasteiger partial charge in [-0.25, -0.2) is 8.42 Å². The zero-order chi connectivity index (χ0) is 19.9. The summed E-state index contributed by atoms with van der Waals surface area (Å²) in [6.45, 7) is 9.99. The van der Waals surface area contributed by atoms with Gasteiger partial charge in [0.1, 0.15) is 0 Å². The number of rotatable bonds is 7. The number of carbonyl (C=O) groups excluding carboxylic acids is 1. The number of hydrogen-bond donors (Lipinski definition) is 1. The molecule has 6 nitrogen and oxygen atoms in total. The number of morpholine rings is 1. The Morgan fingerprint density at radius 1 is 1.33 bits per heavy atom. The maximum atomic E-state index is 12.9. The van der Waals surface area contributed by atoms with E-state index >= 15 is 0 Å². The third-order valence-corrected chi connectivity index (χ3v) is 5.99. The Hall–Kier alpha value is -2.48. The van der Waals surface area contributed by atoms with Crippen molar-refractivity contribution in [2.75, 3.05) is 19.8 Å². The van der Waals surface area contributed by atoms with Crippen molar-refractivity contribution in [3.63, 3.8) is 0 Å². The first-order valence-electron chi connectivity index (χ1n) is 8.53. The molecule has 0 radical (unpaired) electrons. The molecule has 2 rings (SSSR count). The average molecular weight is 388 g/mol. The molecular weight excluding hydrogens is 364 g/mol. The molecule has 0 saturated carbocycles. The number of benzene rings is 1. The lowest BCUT2D eigenvalue weighted by Crippen LogP contribution is -2.46. The Balaban J connectivity index is 2.27. The standard InChI is InChI=1S/C20H24N2O4S/c1-4-6-10-18(8-5-2)21-20(23)17-9-7-11-19(14-17)27(24,25)22-12-13-26-15-16(22)3/h4-11,14,16H,1-2,12-13,15H2,3H3,(H,21,23)/b10-6-,18-8+. The van der Waals surface area contributed by atoms with Crippen LogP contribution in [0.2, 0.25) is 0 Å². The van der Waals surface area contributed by atoms with E-state index in [-0.39, 0.29) is 16.5 Å². The van der Waals surface area contributed by atoms with Crippen LogP contribution < -0.4 is 5.32 Å². The van der Waals surface area contributed by atoms with Crippen LogP contribution in [0.25, 0.3) is 0 Å². The first-order valence-corrected chi connectivity index (χ1v) is 9.97. The summed E-state index contributed by atoms with van der Waals surface area (Å²) >= 11 is 0. The SMILES string of the molecule is C=C/C=C\C(=C/C=C)NC(=O)c1cccc(S(=O)(=O)N2CCOCC2C)c1. The summed E-state index contributed by atoms with van der Waals surface area (Å²) in [5, 5.41) is 2.72. The van der Waals surface area contributed by atoms with Gasteiger partial charge >= 0.3 is 0 Å². The molecule has 1 amide bonds. The molecule has 0 spiro atoms. The lowest BCUT2D eigenvalue weighted by molar-refractivity contribution is 0.0392. The van der Waals surface area contributed by atoms with E-state index in [1.165, 1.54) is 16.4 Å². The third kappa shape index (κ3) is 5.26. The van der Waals surface area contributed by atoms with E-state index in [0.29, 0.717) is 25.5 Å². The van der Waals surface area contributed by atoms with Crippen molar-refractivity contribution in [1.29, 1.82) is 0 Å². The highest BCUT2D eigenvalue weighted by molar-refractivity contribution is 7.89.